The zero-order valence-electron chi connectivity index (χ0n) is 13.2. The van der Waals surface area contributed by atoms with Gasteiger partial charge in [0.15, 0.2) is 0 Å². The Hall–Kier alpha value is -1.39. The predicted molar refractivity (Wildman–Crippen MR) is 83.9 cm³/mol. The van der Waals surface area contributed by atoms with Crippen molar-refractivity contribution in [3.8, 4) is 0 Å². The number of hydrogen-bond acceptors (Lipinski definition) is 3. The Morgan fingerprint density at radius 2 is 2.10 bits per heavy atom. The third kappa shape index (κ3) is 4.55. The lowest BCUT2D eigenvalue weighted by Crippen LogP contribution is -2.44. The number of likely N-dealkylation sites (tertiary alicyclic amines) is 1. The Balaban J connectivity index is 1.85. The van der Waals surface area contributed by atoms with Gasteiger partial charge in [0.1, 0.15) is 6.10 Å². The highest BCUT2D eigenvalue weighted by molar-refractivity contribution is 5.80. The van der Waals surface area contributed by atoms with Crippen LogP contribution in [-0.4, -0.2) is 42.6 Å². The third-order valence-electron chi connectivity index (χ3n) is 4.05. The molecule has 1 aliphatic heterocycles. The van der Waals surface area contributed by atoms with Gasteiger partial charge in [0.25, 0.3) is 0 Å². The largest absolute Gasteiger partial charge is 0.369 e. The molecule has 0 saturated carbocycles. The molecule has 2 rings (SSSR count). The van der Waals surface area contributed by atoms with Gasteiger partial charge in [0, 0.05) is 32.3 Å². The van der Waals surface area contributed by atoms with E-state index in [1.54, 1.807) is 6.92 Å². The van der Waals surface area contributed by atoms with Crippen LogP contribution in [-0.2, 0) is 16.1 Å². The van der Waals surface area contributed by atoms with Crippen LogP contribution in [0, 0.1) is 5.92 Å². The summed E-state index contributed by atoms with van der Waals surface area (Å²) in [6, 6.07) is 10.7. The first-order chi connectivity index (χ1) is 10.1. The molecule has 3 atom stereocenters. The number of carbonyl (C=O) groups excluding carboxylic acids is 1. The van der Waals surface area contributed by atoms with Gasteiger partial charge in [-0.25, -0.2) is 0 Å². The number of benzene rings is 1. The standard InChI is InChI=1S/C17H26N2O2/c1-4-21-14(3)17(20)18-16-12-19(10-13(16)2)11-15-8-6-5-7-9-15/h5-9,13-14,16H,4,10-12H2,1-3H3,(H,18,20)/t13-,14-,16-/m1/s1. The molecule has 1 fully saturated rings. The molecule has 1 aliphatic rings. The van der Waals surface area contributed by atoms with Crippen LogP contribution in [0.25, 0.3) is 0 Å². The Bertz CT molecular complexity index is 449. The van der Waals surface area contributed by atoms with E-state index in [1.165, 1.54) is 5.56 Å². The molecule has 0 aliphatic carbocycles. The van der Waals surface area contributed by atoms with Crippen LogP contribution in [0.4, 0.5) is 0 Å². The van der Waals surface area contributed by atoms with Crippen LogP contribution in [0.15, 0.2) is 30.3 Å². The van der Waals surface area contributed by atoms with Crippen molar-refractivity contribution in [3.63, 3.8) is 0 Å². The van der Waals surface area contributed by atoms with Gasteiger partial charge < -0.3 is 10.1 Å². The molecule has 0 bridgehead atoms. The van der Waals surface area contributed by atoms with Crippen LogP contribution in [0.1, 0.15) is 26.3 Å². The highest BCUT2D eigenvalue weighted by Crippen LogP contribution is 2.19. The molecule has 0 aromatic heterocycles. The molecular weight excluding hydrogens is 264 g/mol. The number of nitrogens with one attached hydrogen (secondary N) is 1. The zero-order chi connectivity index (χ0) is 15.2. The minimum atomic E-state index is -0.370. The Labute approximate surface area is 127 Å². The number of hydrogen-bond donors (Lipinski definition) is 1. The lowest BCUT2D eigenvalue weighted by molar-refractivity contribution is -0.132. The van der Waals surface area contributed by atoms with Crippen molar-refractivity contribution in [3.05, 3.63) is 35.9 Å². The molecule has 1 N–H and O–H groups in total. The van der Waals surface area contributed by atoms with Gasteiger partial charge in [-0.1, -0.05) is 37.3 Å². The second kappa shape index (κ2) is 7.57. The summed E-state index contributed by atoms with van der Waals surface area (Å²) in [4.78, 5) is 14.4. The molecule has 4 nitrogen and oxygen atoms in total. The fourth-order valence-corrected chi connectivity index (χ4v) is 2.85. The first-order valence-corrected chi connectivity index (χ1v) is 7.78. The Morgan fingerprint density at radius 3 is 2.76 bits per heavy atom. The van der Waals surface area contributed by atoms with Crippen LogP contribution >= 0.6 is 0 Å². The summed E-state index contributed by atoms with van der Waals surface area (Å²) >= 11 is 0. The van der Waals surface area contributed by atoms with Crippen molar-refractivity contribution in [2.45, 2.75) is 39.5 Å². The quantitative estimate of drug-likeness (QED) is 0.872. The first kappa shape index (κ1) is 16.0. The van der Waals surface area contributed by atoms with E-state index in [4.69, 9.17) is 4.74 Å². The molecule has 0 radical (unpaired) electrons. The van der Waals surface area contributed by atoms with E-state index in [0.29, 0.717) is 12.5 Å². The van der Waals surface area contributed by atoms with Gasteiger partial charge in [-0.3, -0.25) is 9.69 Å². The van der Waals surface area contributed by atoms with E-state index >= 15 is 0 Å². The molecule has 4 heteroatoms. The summed E-state index contributed by atoms with van der Waals surface area (Å²) in [5.74, 6) is 0.460. The summed E-state index contributed by atoms with van der Waals surface area (Å²) in [6.07, 6.45) is -0.370. The molecule has 21 heavy (non-hydrogen) atoms. The molecule has 116 valence electrons. The van der Waals surface area contributed by atoms with Crippen LogP contribution in [0.5, 0.6) is 0 Å². The summed E-state index contributed by atoms with van der Waals surface area (Å²) in [7, 11) is 0. The number of nitrogens with zero attached hydrogens (tertiary/aromatic N) is 1. The molecule has 1 aromatic rings. The highest BCUT2D eigenvalue weighted by atomic mass is 16.5. The van der Waals surface area contributed by atoms with Crippen LogP contribution in [0.3, 0.4) is 0 Å². The summed E-state index contributed by atoms with van der Waals surface area (Å²) in [5.41, 5.74) is 1.32. The zero-order valence-corrected chi connectivity index (χ0v) is 13.2. The van der Waals surface area contributed by atoms with Gasteiger partial charge in [-0.2, -0.15) is 0 Å². The van der Waals surface area contributed by atoms with Crippen molar-refractivity contribution in [2.75, 3.05) is 19.7 Å². The third-order valence-corrected chi connectivity index (χ3v) is 4.05. The Kier molecular flexibility index (Phi) is 5.76. The molecule has 1 saturated heterocycles. The second-order valence-corrected chi connectivity index (χ2v) is 5.87. The molecule has 1 amide bonds. The fraction of sp³-hybridized carbons (Fsp3) is 0.588. The predicted octanol–water partition coefficient (Wildman–Crippen LogP) is 2.05. The SMILES string of the molecule is CCO[C@H](C)C(=O)N[C@@H]1CN(Cc2ccccc2)C[C@H]1C. The number of rotatable bonds is 6. The smallest absolute Gasteiger partial charge is 0.249 e. The van der Waals surface area contributed by atoms with Crippen LogP contribution < -0.4 is 5.32 Å². The molecule has 1 heterocycles. The number of carbonyl (C=O) groups is 1. The normalized spacial score (nSPS) is 24.0. The van der Waals surface area contributed by atoms with Crippen molar-refractivity contribution in [1.82, 2.24) is 10.2 Å². The monoisotopic (exact) mass is 290 g/mol. The maximum Gasteiger partial charge on any atom is 0.249 e. The summed E-state index contributed by atoms with van der Waals surface area (Å²) in [5, 5.41) is 3.12. The van der Waals surface area contributed by atoms with Crippen molar-refractivity contribution < 1.29 is 9.53 Å². The van der Waals surface area contributed by atoms with E-state index in [0.717, 1.165) is 19.6 Å². The van der Waals surface area contributed by atoms with Crippen molar-refractivity contribution >= 4 is 5.91 Å². The molecule has 0 unspecified atom stereocenters. The first-order valence-electron chi connectivity index (χ1n) is 7.78. The molecule has 0 spiro atoms. The highest BCUT2D eigenvalue weighted by Gasteiger charge is 2.31. The molecular formula is C17H26N2O2. The number of amides is 1. The van der Waals surface area contributed by atoms with Crippen LogP contribution in [0.2, 0.25) is 0 Å². The van der Waals surface area contributed by atoms with Gasteiger partial charge in [-0.05, 0) is 25.3 Å². The summed E-state index contributed by atoms with van der Waals surface area (Å²) in [6.45, 7) is 9.34. The number of ether oxygens (including phenoxy) is 1. The maximum absolute atomic E-state index is 12.0. The van der Waals surface area contributed by atoms with Crippen molar-refractivity contribution in [1.29, 1.82) is 0 Å². The topological polar surface area (TPSA) is 41.6 Å². The minimum absolute atomic E-state index is 0.00439. The van der Waals surface area contributed by atoms with Crippen molar-refractivity contribution in [2.24, 2.45) is 5.92 Å². The maximum atomic E-state index is 12.0. The van der Waals surface area contributed by atoms with E-state index < -0.39 is 0 Å². The van der Waals surface area contributed by atoms with Gasteiger partial charge in [0.05, 0.1) is 0 Å². The van der Waals surface area contributed by atoms with Gasteiger partial charge in [-0.15, -0.1) is 0 Å². The molecule has 1 aromatic carbocycles. The van der Waals surface area contributed by atoms with Gasteiger partial charge >= 0.3 is 0 Å². The van der Waals surface area contributed by atoms with E-state index in [1.807, 2.05) is 13.0 Å². The minimum Gasteiger partial charge on any atom is -0.369 e. The fourth-order valence-electron chi connectivity index (χ4n) is 2.85. The van der Waals surface area contributed by atoms with E-state index in [9.17, 15) is 4.79 Å². The van der Waals surface area contributed by atoms with E-state index in [2.05, 4.69) is 41.4 Å². The van der Waals surface area contributed by atoms with Gasteiger partial charge in [0.2, 0.25) is 5.91 Å². The lowest BCUT2D eigenvalue weighted by atomic mass is 10.1. The lowest BCUT2D eigenvalue weighted by Gasteiger charge is -2.20. The van der Waals surface area contributed by atoms with E-state index in [-0.39, 0.29) is 18.1 Å². The Morgan fingerprint density at radius 1 is 1.38 bits per heavy atom. The summed E-state index contributed by atoms with van der Waals surface area (Å²) < 4.78 is 5.35. The second-order valence-electron chi connectivity index (χ2n) is 5.87. The average Bonchev–Trinajstić information content (AvgIpc) is 2.80. The average molecular weight is 290 g/mol.